The lowest BCUT2D eigenvalue weighted by molar-refractivity contribution is 0.102. The highest BCUT2D eigenvalue weighted by Gasteiger charge is 2.18. The number of carbonyl (C=O) groups is 1. The number of hydrogen-bond acceptors (Lipinski definition) is 5. The number of pyridine rings is 1. The van der Waals surface area contributed by atoms with Crippen molar-refractivity contribution in [2.75, 3.05) is 19.5 Å². The second kappa shape index (κ2) is 9.10. The van der Waals surface area contributed by atoms with E-state index in [1.165, 1.54) is 14.2 Å². The first-order valence-corrected chi connectivity index (χ1v) is 8.83. The first-order valence-electron chi connectivity index (χ1n) is 8.45. The smallest absolute Gasteiger partial charge is 0.259 e. The van der Waals surface area contributed by atoms with Crippen molar-refractivity contribution in [1.82, 2.24) is 4.98 Å². The summed E-state index contributed by atoms with van der Waals surface area (Å²) in [5, 5.41) is 3.42. The molecule has 0 bridgehead atoms. The van der Waals surface area contributed by atoms with Crippen LogP contribution < -0.4 is 19.5 Å². The van der Waals surface area contributed by atoms with Crippen LogP contribution >= 0.6 is 11.6 Å². The van der Waals surface area contributed by atoms with Crippen LogP contribution in [0.15, 0.2) is 60.9 Å². The monoisotopic (exact) mass is 398 g/mol. The molecule has 1 aromatic heterocycles. The maximum absolute atomic E-state index is 12.9. The maximum atomic E-state index is 12.9. The Balaban J connectivity index is 1.89. The Hall–Kier alpha value is -3.25. The molecule has 2 aromatic carbocycles. The van der Waals surface area contributed by atoms with E-state index in [0.29, 0.717) is 33.5 Å². The quantitative estimate of drug-likeness (QED) is 0.630. The van der Waals surface area contributed by atoms with Gasteiger partial charge in [0, 0.05) is 35.2 Å². The summed E-state index contributed by atoms with van der Waals surface area (Å²) in [6, 6.07) is 13.8. The lowest BCUT2D eigenvalue weighted by Gasteiger charge is -2.16. The zero-order chi connectivity index (χ0) is 19.9. The number of methoxy groups -OCH3 is 2. The van der Waals surface area contributed by atoms with E-state index in [1.807, 2.05) is 12.1 Å². The number of nitrogens with zero attached hydrogens (tertiary/aromatic N) is 1. The molecule has 0 aliphatic heterocycles. The summed E-state index contributed by atoms with van der Waals surface area (Å²) in [6.45, 7) is 0.277. The highest BCUT2D eigenvalue weighted by molar-refractivity contribution is 6.30. The van der Waals surface area contributed by atoms with Crippen molar-refractivity contribution in [1.29, 1.82) is 0 Å². The molecule has 1 heterocycles. The number of halogens is 1. The van der Waals surface area contributed by atoms with E-state index < -0.39 is 0 Å². The molecule has 1 N–H and O–H groups in total. The summed E-state index contributed by atoms with van der Waals surface area (Å²) in [5.74, 6) is 0.934. The number of rotatable bonds is 7. The molecule has 0 spiro atoms. The maximum Gasteiger partial charge on any atom is 0.259 e. The minimum Gasteiger partial charge on any atom is -0.493 e. The molecule has 0 radical (unpaired) electrons. The molecule has 1 amide bonds. The van der Waals surface area contributed by atoms with Gasteiger partial charge in [0.2, 0.25) is 0 Å². The molecule has 0 unspecified atom stereocenters. The largest absolute Gasteiger partial charge is 0.493 e. The van der Waals surface area contributed by atoms with Gasteiger partial charge in [-0.1, -0.05) is 11.6 Å². The van der Waals surface area contributed by atoms with Crippen LogP contribution in [0, 0.1) is 0 Å². The predicted molar refractivity (Wildman–Crippen MR) is 108 cm³/mol. The van der Waals surface area contributed by atoms with E-state index in [2.05, 4.69) is 10.3 Å². The number of anilines is 1. The van der Waals surface area contributed by atoms with Crippen molar-refractivity contribution in [2.24, 2.45) is 0 Å². The van der Waals surface area contributed by atoms with Crippen LogP contribution in [-0.2, 0) is 6.61 Å². The number of hydrogen-bond donors (Lipinski definition) is 1. The molecule has 0 aliphatic carbocycles. The number of benzene rings is 2. The molecular formula is C21H19ClN2O4. The first kappa shape index (κ1) is 19.5. The zero-order valence-corrected chi connectivity index (χ0v) is 16.2. The fraction of sp³-hybridized carbons (Fsp3) is 0.143. The van der Waals surface area contributed by atoms with Gasteiger partial charge in [-0.05, 0) is 42.0 Å². The van der Waals surface area contributed by atoms with Crippen LogP contribution in [0.5, 0.6) is 17.2 Å². The average Bonchev–Trinajstić information content (AvgIpc) is 2.73. The molecule has 7 heteroatoms. The van der Waals surface area contributed by atoms with Crippen molar-refractivity contribution >= 4 is 23.2 Å². The van der Waals surface area contributed by atoms with Crippen LogP contribution in [0.4, 0.5) is 5.69 Å². The third kappa shape index (κ3) is 4.72. The third-order valence-electron chi connectivity index (χ3n) is 3.98. The highest BCUT2D eigenvalue weighted by atomic mass is 35.5. The van der Waals surface area contributed by atoms with E-state index in [9.17, 15) is 4.79 Å². The van der Waals surface area contributed by atoms with Gasteiger partial charge in [0.1, 0.15) is 12.4 Å². The van der Waals surface area contributed by atoms with Gasteiger partial charge >= 0.3 is 0 Å². The molecule has 0 fully saturated rings. The van der Waals surface area contributed by atoms with Crippen molar-refractivity contribution in [3.05, 3.63) is 77.1 Å². The number of aromatic nitrogens is 1. The second-order valence-corrected chi connectivity index (χ2v) is 6.24. The molecular weight excluding hydrogens is 380 g/mol. The van der Waals surface area contributed by atoms with E-state index in [1.54, 1.807) is 48.8 Å². The van der Waals surface area contributed by atoms with Gasteiger partial charge in [0.05, 0.1) is 19.8 Å². The molecule has 6 nitrogen and oxygen atoms in total. The van der Waals surface area contributed by atoms with E-state index in [0.717, 1.165) is 5.56 Å². The third-order valence-corrected chi connectivity index (χ3v) is 4.23. The lowest BCUT2D eigenvalue weighted by Crippen LogP contribution is -2.14. The molecule has 28 heavy (non-hydrogen) atoms. The Labute approximate surface area is 168 Å². The Morgan fingerprint density at radius 1 is 0.964 bits per heavy atom. The lowest BCUT2D eigenvalue weighted by atomic mass is 10.1. The summed E-state index contributed by atoms with van der Waals surface area (Å²) < 4.78 is 16.6. The summed E-state index contributed by atoms with van der Waals surface area (Å²) in [4.78, 5) is 16.9. The van der Waals surface area contributed by atoms with Crippen LogP contribution in [0.25, 0.3) is 0 Å². The number of carbonyl (C=O) groups excluding carboxylic acids is 1. The fourth-order valence-corrected chi connectivity index (χ4v) is 2.65. The Morgan fingerprint density at radius 2 is 1.61 bits per heavy atom. The first-order chi connectivity index (χ1) is 13.6. The molecule has 0 aliphatic rings. The van der Waals surface area contributed by atoms with E-state index in [-0.39, 0.29) is 12.5 Å². The molecule has 0 saturated heterocycles. The molecule has 0 atom stereocenters. The van der Waals surface area contributed by atoms with Gasteiger partial charge < -0.3 is 19.5 Å². The van der Waals surface area contributed by atoms with Crippen molar-refractivity contribution in [2.45, 2.75) is 6.61 Å². The van der Waals surface area contributed by atoms with E-state index in [4.69, 9.17) is 25.8 Å². The Kier molecular flexibility index (Phi) is 6.34. The van der Waals surface area contributed by atoms with Crippen molar-refractivity contribution in [3.63, 3.8) is 0 Å². The number of amides is 1. The molecule has 0 saturated carbocycles. The minimum absolute atomic E-state index is 0.277. The molecule has 144 valence electrons. The average molecular weight is 399 g/mol. The summed E-state index contributed by atoms with van der Waals surface area (Å²) in [5.41, 5.74) is 1.86. The van der Waals surface area contributed by atoms with Gasteiger partial charge in [-0.25, -0.2) is 0 Å². The number of nitrogens with one attached hydrogen (secondary N) is 1. The SMILES string of the molecule is COc1cc(OCc2ccncc2)c(C(=O)Nc2ccc(Cl)cc2)cc1OC. The van der Waals surface area contributed by atoms with Gasteiger partial charge in [-0.3, -0.25) is 9.78 Å². The second-order valence-electron chi connectivity index (χ2n) is 5.81. The van der Waals surface area contributed by atoms with Gasteiger partial charge in [-0.2, -0.15) is 0 Å². The molecule has 3 rings (SSSR count). The van der Waals surface area contributed by atoms with E-state index >= 15 is 0 Å². The highest BCUT2D eigenvalue weighted by Crippen LogP contribution is 2.35. The van der Waals surface area contributed by atoms with Crippen molar-refractivity contribution in [3.8, 4) is 17.2 Å². The summed E-state index contributed by atoms with van der Waals surface area (Å²) in [7, 11) is 3.04. The van der Waals surface area contributed by atoms with Crippen LogP contribution in [0.3, 0.4) is 0 Å². The van der Waals surface area contributed by atoms with Crippen LogP contribution in [-0.4, -0.2) is 25.1 Å². The van der Waals surface area contributed by atoms with Crippen LogP contribution in [0.1, 0.15) is 15.9 Å². The standard InChI is InChI=1S/C21H19ClN2O4/c1-26-19-11-17(21(25)24-16-5-3-15(22)4-6-16)18(12-20(19)27-2)28-13-14-7-9-23-10-8-14/h3-12H,13H2,1-2H3,(H,24,25). The van der Waals surface area contributed by atoms with Gasteiger partial charge in [0.25, 0.3) is 5.91 Å². The Morgan fingerprint density at radius 3 is 2.25 bits per heavy atom. The zero-order valence-electron chi connectivity index (χ0n) is 15.4. The fourth-order valence-electron chi connectivity index (χ4n) is 2.53. The summed E-state index contributed by atoms with van der Waals surface area (Å²) >= 11 is 5.90. The topological polar surface area (TPSA) is 69.7 Å². The minimum atomic E-state index is -0.340. The molecule has 3 aromatic rings. The summed E-state index contributed by atoms with van der Waals surface area (Å²) in [6.07, 6.45) is 3.36. The van der Waals surface area contributed by atoms with Crippen LogP contribution in [0.2, 0.25) is 5.02 Å². The predicted octanol–water partition coefficient (Wildman–Crippen LogP) is 4.58. The van der Waals surface area contributed by atoms with Gasteiger partial charge in [-0.15, -0.1) is 0 Å². The van der Waals surface area contributed by atoms with Gasteiger partial charge in [0.15, 0.2) is 11.5 Å². The van der Waals surface area contributed by atoms with Crippen molar-refractivity contribution < 1.29 is 19.0 Å². The Bertz CT molecular complexity index is 947. The number of ether oxygens (including phenoxy) is 3. The normalized spacial score (nSPS) is 10.2.